The van der Waals surface area contributed by atoms with E-state index in [0.29, 0.717) is 5.92 Å². The summed E-state index contributed by atoms with van der Waals surface area (Å²) in [5, 5.41) is 10.8. The van der Waals surface area contributed by atoms with Crippen LogP contribution in [-0.4, -0.2) is 29.1 Å². The van der Waals surface area contributed by atoms with Gasteiger partial charge in [0, 0.05) is 6.04 Å². The first-order valence-electron chi connectivity index (χ1n) is 8.57. The van der Waals surface area contributed by atoms with Gasteiger partial charge in [-0.05, 0) is 36.6 Å². The lowest BCUT2D eigenvalue weighted by atomic mass is 9.94. The Kier molecular flexibility index (Phi) is 10.8. The molecule has 2 atom stereocenters. The van der Waals surface area contributed by atoms with Crippen LogP contribution in [0.15, 0.2) is 24.3 Å². The van der Waals surface area contributed by atoms with Crippen molar-refractivity contribution in [3.63, 3.8) is 0 Å². The standard InChI is InChI=1S/C19H33NO.ClH/c1-6-9-10-18(20(7-2)8-3)19(21)17-13-11-16(12-14-17)15(4)5;/h11-15,18-19,21H,6-10H2,1-5H3;1H. The minimum absolute atomic E-state index is 0. The Hall–Kier alpha value is -0.570. The lowest BCUT2D eigenvalue weighted by Crippen LogP contribution is -2.39. The first kappa shape index (κ1) is 21.4. The van der Waals surface area contributed by atoms with E-state index in [0.717, 1.165) is 25.1 Å². The number of aliphatic hydroxyl groups is 1. The number of hydrogen-bond acceptors (Lipinski definition) is 2. The van der Waals surface area contributed by atoms with Crippen LogP contribution in [0.2, 0.25) is 0 Å². The normalized spacial score (nSPS) is 14.0. The second-order valence-electron chi connectivity index (χ2n) is 6.20. The molecule has 1 rings (SSSR count). The zero-order chi connectivity index (χ0) is 15.8. The van der Waals surface area contributed by atoms with Crippen LogP contribution < -0.4 is 0 Å². The van der Waals surface area contributed by atoms with E-state index in [2.05, 4.69) is 63.8 Å². The van der Waals surface area contributed by atoms with Gasteiger partial charge in [0.1, 0.15) is 0 Å². The fourth-order valence-corrected chi connectivity index (χ4v) is 2.95. The molecule has 3 heteroatoms. The van der Waals surface area contributed by atoms with Crippen LogP contribution in [-0.2, 0) is 0 Å². The fourth-order valence-electron chi connectivity index (χ4n) is 2.95. The molecule has 1 aromatic rings. The largest absolute Gasteiger partial charge is 0.387 e. The van der Waals surface area contributed by atoms with Gasteiger partial charge in [0.05, 0.1) is 6.10 Å². The topological polar surface area (TPSA) is 23.5 Å². The van der Waals surface area contributed by atoms with E-state index in [1.165, 1.54) is 18.4 Å². The van der Waals surface area contributed by atoms with Crippen molar-refractivity contribution in [2.45, 2.75) is 71.9 Å². The Morgan fingerprint density at radius 3 is 1.86 bits per heavy atom. The van der Waals surface area contributed by atoms with E-state index >= 15 is 0 Å². The number of hydrogen-bond donors (Lipinski definition) is 1. The summed E-state index contributed by atoms with van der Waals surface area (Å²) in [5.41, 5.74) is 2.38. The molecule has 22 heavy (non-hydrogen) atoms. The maximum atomic E-state index is 10.8. The highest BCUT2D eigenvalue weighted by atomic mass is 35.5. The highest BCUT2D eigenvalue weighted by Gasteiger charge is 2.25. The Morgan fingerprint density at radius 2 is 1.45 bits per heavy atom. The molecule has 0 aliphatic heterocycles. The van der Waals surface area contributed by atoms with Gasteiger partial charge in [-0.2, -0.15) is 0 Å². The number of nitrogens with zero attached hydrogens (tertiary/aromatic N) is 1. The molecule has 1 N–H and O–H groups in total. The number of unbranched alkanes of at least 4 members (excludes halogenated alkanes) is 1. The summed E-state index contributed by atoms with van der Waals surface area (Å²) in [6.07, 6.45) is 3.02. The summed E-state index contributed by atoms with van der Waals surface area (Å²) in [6, 6.07) is 8.74. The van der Waals surface area contributed by atoms with E-state index in [1.807, 2.05) is 0 Å². The molecule has 0 amide bonds. The highest BCUT2D eigenvalue weighted by Crippen LogP contribution is 2.26. The lowest BCUT2D eigenvalue weighted by molar-refractivity contribution is 0.0473. The summed E-state index contributed by atoms with van der Waals surface area (Å²) >= 11 is 0. The predicted octanol–water partition coefficient (Wildman–Crippen LogP) is 5.17. The summed E-state index contributed by atoms with van der Waals surface area (Å²) in [6.45, 7) is 13.0. The van der Waals surface area contributed by atoms with Crippen LogP contribution >= 0.6 is 12.4 Å². The van der Waals surface area contributed by atoms with E-state index in [1.54, 1.807) is 0 Å². The Labute approximate surface area is 143 Å². The first-order valence-corrected chi connectivity index (χ1v) is 8.57. The molecule has 0 saturated heterocycles. The average Bonchev–Trinajstić information content (AvgIpc) is 2.51. The number of rotatable bonds is 9. The summed E-state index contributed by atoms with van der Waals surface area (Å²) in [7, 11) is 0. The third-order valence-corrected chi connectivity index (χ3v) is 4.44. The fraction of sp³-hybridized carbons (Fsp3) is 0.684. The van der Waals surface area contributed by atoms with Crippen molar-refractivity contribution in [2.24, 2.45) is 0 Å². The van der Waals surface area contributed by atoms with Crippen LogP contribution in [0, 0.1) is 0 Å². The molecule has 0 heterocycles. The van der Waals surface area contributed by atoms with Crippen LogP contribution in [0.5, 0.6) is 0 Å². The van der Waals surface area contributed by atoms with E-state index in [4.69, 9.17) is 0 Å². The van der Waals surface area contributed by atoms with Crippen molar-refractivity contribution in [1.29, 1.82) is 0 Å². The van der Waals surface area contributed by atoms with Crippen molar-refractivity contribution in [3.05, 3.63) is 35.4 Å². The van der Waals surface area contributed by atoms with Crippen molar-refractivity contribution in [3.8, 4) is 0 Å². The minimum atomic E-state index is -0.391. The second kappa shape index (κ2) is 11.0. The number of benzene rings is 1. The number of likely N-dealkylation sites (N-methyl/N-ethyl adjacent to an activating group) is 1. The molecule has 0 aliphatic rings. The monoisotopic (exact) mass is 327 g/mol. The number of halogens is 1. The van der Waals surface area contributed by atoms with Crippen molar-refractivity contribution >= 4 is 12.4 Å². The second-order valence-corrected chi connectivity index (χ2v) is 6.20. The molecule has 2 unspecified atom stereocenters. The third-order valence-electron chi connectivity index (χ3n) is 4.44. The summed E-state index contributed by atoms with van der Waals surface area (Å²) in [5.74, 6) is 0.537. The van der Waals surface area contributed by atoms with Crippen LogP contribution in [0.4, 0.5) is 0 Å². The third kappa shape index (κ3) is 5.91. The van der Waals surface area contributed by atoms with Gasteiger partial charge in [-0.15, -0.1) is 12.4 Å². The predicted molar refractivity (Wildman–Crippen MR) is 99.0 cm³/mol. The maximum absolute atomic E-state index is 10.8. The van der Waals surface area contributed by atoms with Gasteiger partial charge in [0.25, 0.3) is 0 Å². The Morgan fingerprint density at radius 1 is 0.955 bits per heavy atom. The molecule has 1 aromatic carbocycles. The van der Waals surface area contributed by atoms with Gasteiger partial charge >= 0.3 is 0 Å². The SMILES string of the molecule is CCCCC(C(O)c1ccc(C(C)C)cc1)N(CC)CC.Cl. The minimum Gasteiger partial charge on any atom is -0.387 e. The molecule has 0 aromatic heterocycles. The summed E-state index contributed by atoms with van der Waals surface area (Å²) < 4.78 is 0. The Balaban J connectivity index is 0.00000441. The van der Waals surface area contributed by atoms with Gasteiger partial charge in [0.15, 0.2) is 0 Å². The van der Waals surface area contributed by atoms with E-state index in [-0.39, 0.29) is 18.4 Å². The smallest absolute Gasteiger partial charge is 0.0945 e. The molecule has 2 nitrogen and oxygen atoms in total. The lowest BCUT2D eigenvalue weighted by Gasteiger charge is -2.33. The molecule has 0 saturated carbocycles. The van der Waals surface area contributed by atoms with Crippen molar-refractivity contribution in [1.82, 2.24) is 4.90 Å². The molecule has 0 spiro atoms. The van der Waals surface area contributed by atoms with E-state index < -0.39 is 6.10 Å². The first-order chi connectivity index (χ1) is 10.0. The van der Waals surface area contributed by atoms with Gasteiger partial charge in [-0.1, -0.05) is 71.7 Å². The van der Waals surface area contributed by atoms with Crippen LogP contribution in [0.3, 0.4) is 0 Å². The maximum Gasteiger partial charge on any atom is 0.0945 e. The number of aliphatic hydroxyl groups excluding tert-OH is 1. The van der Waals surface area contributed by atoms with Crippen molar-refractivity contribution in [2.75, 3.05) is 13.1 Å². The summed E-state index contributed by atoms with van der Waals surface area (Å²) in [4.78, 5) is 2.39. The molecule has 0 bridgehead atoms. The highest BCUT2D eigenvalue weighted by molar-refractivity contribution is 5.85. The molecule has 0 fully saturated rings. The molecule has 128 valence electrons. The van der Waals surface area contributed by atoms with Crippen LogP contribution in [0.1, 0.15) is 77.0 Å². The zero-order valence-corrected chi connectivity index (χ0v) is 15.7. The quantitative estimate of drug-likeness (QED) is 0.676. The average molecular weight is 328 g/mol. The van der Waals surface area contributed by atoms with Gasteiger partial charge in [-0.25, -0.2) is 0 Å². The molecule has 0 aliphatic carbocycles. The van der Waals surface area contributed by atoms with Gasteiger partial charge in [-0.3, -0.25) is 4.90 Å². The molecule has 0 radical (unpaired) electrons. The van der Waals surface area contributed by atoms with Gasteiger partial charge in [0.2, 0.25) is 0 Å². The van der Waals surface area contributed by atoms with Crippen LogP contribution in [0.25, 0.3) is 0 Å². The molecular weight excluding hydrogens is 294 g/mol. The van der Waals surface area contributed by atoms with E-state index in [9.17, 15) is 5.11 Å². The zero-order valence-electron chi connectivity index (χ0n) is 14.9. The van der Waals surface area contributed by atoms with Gasteiger partial charge < -0.3 is 5.11 Å². The Bertz CT molecular complexity index is 387. The van der Waals surface area contributed by atoms with Crippen molar-refractivity contribution < 1.29 is 5.11 Å². The molecular formula is C19H34ClNO.